The Morgan fingerprint density at radius 2 is 0.646 bits per heavy atom. The van der Waals surface area contributed by atoms with Crippen molar-refractivity contribution in [2.24, 2.45) is 0 Å². The number of hydrogen-bond acceptors (Lipinski definition) is 8. The molecule has 0 saturated carbocycles. The van der Waals surface area contributed by atoms with E-state index in [1.54, 1.807) is 0 Å². The van der Waals surface area contributed by atoms with Crippen molar-refractivity contribution < 1.29 is 38.0 Å². The van der Waals surface area contributed by atoms with Crippen molar-refractivity contribution in [3.8, 4) is 0 Å². The topological polar surface area (TPSA) is 103 Å². The van der Waals surface area contributed by atoms with E-state index in [2.05, 4.69) is 13.8 Å². The van der Waals surface area contributed by atoms with Crippen LogP contribution in [0.2, 0.25) is 0 Å². The van der Waals surface area contributed by atoms with Gasteiger partial charge in [-0.15, -0.1) is 0 Å². The molecule has 4 fully saturated rings. The summed E-state index contributed by atoms with van der Waals surface area (Å²) in [5, 5.41) is 0. The van der Waals surface area contributed by atoms with Gasteiger partial charge in [0.25, 0.3) is 0 Å². The molecule has 278 valence electrons. The molecule has 0 radical (unpaired) electrons. The minimum absolute atomic E-state index is 0.0836. The molecule has 0 bridgehead atoms. The van der Waals surface area contributed by atoms with Crippen LogP contribution in [0.15, 0.2) is 0 Å². The summed E-state index contributed by atoms with van der Waals surface area (Å²) in [6, 6.07) is 0. The molecule has 4 aliphatic heterocycles. The molecule has 8 unspecified atom stereocenters. The largest absolute Gasteiger partial charge is 0.466 e. The van der Waals surface area contributed by atoms with E-state index in [9.17, 15) is 9.59 Å². The van der Waals surface area contributed by atoms with Crippen molar-refractivity contribution >= 4 is 11.9 Å². The predicted molar refractivity (Wildman–Crippen MR) is 188 cm³/mol. The molecule has 8 heteroatoms. The van der Waals surface area contributed by atoms with E-state index in [1.165, 1.54) is 103 Å². The smallest absolute Gasteiger partial charge is 0.306 e. The van der Waals surface area contributed by atoms with Crippen LogP contribution < -0.4 is 0 Å². The number of carbonyl (C=O) groups is 2. The van der Waals surface area contributed by atoms with Gasteiger partial charge in [0.15, 0.2) is 0 Å². The molecular weight excluding hydrogens is 608 g/mol. The Labute approximate surface area is 292 Å². The molecule has 8 atom stereocenters. The van der Waals surface area contributed by atoms with Gasteiger partial charge in [-0.2, -0.15) is 0 Å². The van der Waals surface area contributed by atoms with Gasteiger partial charge in [-0.3, -0.25) is 9.59 Å². The van der Waals surface area contributed by atoms with Crippen molar-refractivity contribution in [1.29, 1.82) is 0 Å². The van der Waals surface area contributed by atoms with Crippen molar-refractivity contribution in [2.45, 2.75) is 230 Å². The average Bonchev–Trinajstić information content (AvgIpc) is 3.89. The van der Waals surface area contributed by atoms with Gasteiger partial charge < -0.3 is 28.4 Å². The Morgan fingerprint density at radius 3 is 0.958 bits per heavy atom. The minimum atomic E-state index is -0.322. The molecule has 4 heterocycles. The highest BCUT2D eigenvalue weighted by atomic mass is 16.6. The first-order valence-electron chi connectivity index (χ1n) is 20.5. The van der Waals surface area contributed by atoms with Crippen LogP contribution in [0.3, 0.4) is 0 Å². The number of carbonyl (C=O) groups excluding carboxylic acids is 2. The lowest BCUT2D eigenvalue weighted by molar-refractivity contribution is -0.150. The van der Waals surface area contributed by atoms with Crippen molar-refractivity contribution in [2.75, 3.05) is 13.2 Å². The van der Waals surface area contributed by atoms with E-state index in [0.29, 0.717) is 62.0 Å². The van der Waals surface area contributed by atoms with Crippen LogP contribution in [-0.2, 0) is 38.0 Å². The van der Waals surface area contributed by atoms with Crippen LogP contribution in [0.4, 0.5) is 0 Å². The van der Waals surface area contributed by atoms with Gasteiger partial charge >= 0.3 is 11.9 Å². The van der Waals surface area contributed by atoms with Crippen LogP contribution in [0.5, 0.6) is 0 Å². The molecule has 8 nitrogen and oxygen atoms in total. The molecule has 0 aromatic carbocycles. The molecule has 4 rings (SSSR count). The molecule has 0 N–H and O–H groups in total. The van der Waals surface area contributed by atoms with Gasteiger partial charge in [0.2, 0.25) is 0 Å². The first-order valence-corrected chi connectivity index (χ1v) is 20.5. The first kappa shape index (κ1) is 39.6. The van der Waals surface area contributed by atoms with E-state index < -0.39 is 0 Å². The summed E-state index contributed by atoms with van der Waals surface area (Å²) >= 11 is 0. The third-order valence-corrected chi connectivity index (χ3v) is 10.7. The van der Waals surface area contributed by atoms with Crippen LogP contribution in [0.25, 0.3) is 0 Å². The summed E-state index contributed by atoms with van der Waals surface area (Å²) in [7, 11) is 0. The fraction of sp³-hybridized carbons (Fsp3) is 0.950. The van der Waals surface area contributed by atoms with E-state index in [4.69, 9.17) is 28.4 Å². The number of unbranched alkanes of at least 4 members (excludes halogenated alkanes) is 10. The van der Waals surface area contributed by atoms with Crippen LogP contribution >= 0.6 is 0 Å². The predicted octanol–water partition coefficient (Wildman–Crippen LogP) is 9.32. The molecule has 0 aliphatic carbocycles. The standard InChI is InChI=1S/C40H70O8/c1-3-5-7-9-11-19-31-35(45-31)23-17-25-37-33(47-37)21-13-15-29-43-39(41)27-28-40(42)44-30-16-14-22-34-38(48-34)26-18-24-36-32(46-36)20-12-10-8-6-4-2/h31-38H,3-30H2,1-2H3. The normalized spacial score (nSPS) is 28.3. The number of ether oxygens (including phenoxy) is 6. The van der Waals surface area contributed by atoms with Gasteiger partial charge in [0.1, 0.15) is 0 Å². The average molecular weight is 679 g/mol. The molecule has 0 aromatic rings. The first-order chi connectivity index (χ1) is 23.6. The molecule has 48 heavy (non-hydrogen) atoms. The van der Waals surface area contributed by atoms with E-state index in [1.807, 2.05) is 0 Å². The maximum Gasteiger partial charge on any atom is 0.306 e. The number of hydrogen-bond donors (Lipinski definition) is 0. The zero-order valence-corrected chi connectivity index (χ0v) is 30.7. The SMILES string of the molecule is CCCCCCCC1OC1CCCC1OC1CCCCOC(=O)CCC(=O)OCCCCC1OC1CCCC1OC1CCCCCCC. The van der Waals surface area contributed by atoms with E-state index >= 15 is 0 Å². The highest BCUT2D eigenvalue weighted by molar-refractivity contribution is 5.77. The van der Waals surface area contributed by atoms with Gasteiger partial charge in [-0.05, 0) is 89.9 Å². The summed E-state index contributed by atoms with van der Waals surface area (Å²) in [6.45, 7) is 5.33. The Morgan fingerprint density at radius 1 is 0.375 bits per heavy atom. The molecule has 0 spiro atoms. The maximum absolute atomic E-state index is 12.0. The molecule has 4 aliphatic rings. The lowest BCUT2D eigenvalue weighted by atomic mass is 10.0. The second kappa shape index (κ2) is 23.3. The molecule has 0 aromatic heterocycles. The Hall–Kier alpha value is -1.22. The van der Waals surface area contributed by atoms with Gasteiger partial charge in [0.05, 0.1) is 74.9 Å². The highest BCUT2D eigenvalue weighted by Crippen LogP contribution is 2.37. The summed E-state index contributed by atoms with van der Waals surface area (Å²) in [4.78, 5) is 24.0. The van der Waals surface area contributed by atoms with Crippen molar-refractivity contribution in [1.82, 2.24) is 0 Å². The molecule has 4 saturated heterocycles. The lowest BCUT2D eigenvalue weighted by Crippen LogP contribution is -2.11. The lowest BCUT2D eigenvalue weighted by Gasteiger charge is -2.06. The van der Waals surface area contributed by atoms with Crippen molar-refractivity contribution in [3.05, 3.63) is 0 Å². The summed E-state index contributed by atoms with van der Waals surface area (Å²) in [6.07, 6.45) is 32.3. The molecule has 0 amide bonds. The highest BCUT2D eigenvalue weighted by Gasteiger charge is 2.41. The van der Waals surface area contributed by atoms with Crippen molar-refractivity contribution in [3.63, 3.8) is 0 Å². The Balaban J connectivity index is 0.837. The fourth-order valence-electron chi connectivity index (χ4n) is 7.30. The van der Waals surface area contributed by atoms with Gasteiger partial charge in [-0.1, -0.05) is 78.1 Å². The Kier molecular flexibility index (Phi) is 19.2. The third-order valence-electron chi connectivity index (χ3n) is 10.7. The third kappa shape index (κ3) is 17.6. The molecular formula is C40H70O8. The van der Waals surface area contributed by atoms with Crippen LogP contribution in [0, 0.1) is 0 Å². The second-order valence-corrected chi connectivity index (χ2v) is 15.1. The monoisotopic (exact) mass is 679 g/mol. The number of esters is 2. The Bertz CT molecular complexity index is 811. The zero-order valence-electron chi connectivity index (χ0n) is 30.7. The minimum Gasteiger partial charge on any atom is -0.466 e. The number of rotatable bonds is 33. The van der Waals surface area contributed by atoms with E-state index in [-0.39, 0.29) is 24.8 Å². The van der Waals surface area contributed by atoms with Crippen LogP contribution in [-0.4, -0.2) is 74.0 Å². The van der Waals surface area contributed by atoms with Gasteiger partial charge in [0, 0.05) is 0 Å². The summed E-state index contributed by atoms with van der Waals surface area (Å²) < 4.78 is 34.0. The summed E-state index contributed by atoms with van der Waals surface area (Å²) in [5.74, 6) is -0.644. The zero-order chi connectivity index (χ0) is 33.8. The maximum atomic E-state index is 12.0. The number of epoxide rings is 4. The second-order valence-electron chi connectivity index (χ2n) is 15.1. The fourth-order valence-corrected chi connectivity index (χ4v) is 7.30. The van der Waals surface area contributed by atoms with E-state index in [0.717, 1.165) is 51.4 Å². The summed E-state index contributed by atoms with van der Waals surface area (Å²) in [5.41, 5.74) is 0. The van der Waals surface area contributed by atoms with Gasteiger partial charge in [-0.25, -0.2) is 0 Å². The van der Waals surface area contributed by atoms with Crippen LogP contribution in [0.1, 0.15) is 181 Å². The quantitative estimate of drug-likeness (QED) is 0.0384.